The molecule has 0 aliphatic carbocycles. The number of halogens is 1. The molecule has 1 aromatic carbocycles. The molecule has 1 N–H and O–H groups in total. The Morgan fingerprint density at radius 2 is 2.05 bits per heavy atom. The second kappa shape index (κ2) is 6.78. The Kier molecular flexibility index (Phi) is 5.05. The molecule has 0 aliphatic heterocycles. The van der Waals surface area contributed by atoms with Crippen molar-refractivity contribution < 1.29 is 0 Å². The summed E-state index contributed by atoms with van der Waals surface area (Å²) in [7, 11) is 0. The van der Waals surface area contributed by atoms with Gasteiger partial charge in [-0.05, 0) is 25.5 Å². The summed E-state index contributed by atoms with van der Waals surface area (Å²) in [5.41, 5.74) is 2.21. The Bertz CT molecular complexity index is 560. The van der Waals surface area contributed by atoms with Crippen molar-refractivity contribution in [3.8, 4) is 0 Å². The van der Waals surface area contributed by atoms with Gasteiger partial charge in [0.2, 0.25) is 0 Å². The number of hydrogen-bond donors (Lipinski definition) is 1. The van der Waals surface area contributed by atoms with Gasteiger partial charge in [-0.2, -0.15) is 0 Å². The van der Waals surface area contributed by atoms with Crippen molar-refractivity contribution in [2.24, 2.45) is 0 Å². The molecule has 0 spiro atoms. The normalized spacial score (nSPS) is 10.5. The maximum atomic E-state index is 6.15. The molecular formula is C14H16ClN3S. The van der Waals surface area contributed by atoms with E-state index < -0.39 is 0 Å². The van der Waals surface area contributed by atoms with Gasteiger partial charge in [-0.1, -0.05) is 29.8 Å². The highest BCUT2D eigenvalue weighted by molar-refractivity contribution is 7.98. The van der Waals surface area contributed by atoms with Crippen molar-refractivity contribution in [1.29, 1.82) is 0 Å². The molecule has 0 fully saturated rings. The van der Waals surface area contributed by atoms with Crippen molar-refractivity contribution in [2.45, 2.75) is 24.6 Å². The van der Waals surface area contributed by atoms with Gasteiger partial charge in [0.05, 0.1) is 0 Å². The molecule has 0 bridgehead atoms. The van der Waals surface area contributed by atoms with Crippen molar-refractivity contribution in [3.63, 3.8) is 0 Å². The lowest BCUT2D eigenvalue weighted by Gasteiger charge is -2.10. The molecule has 0 amide bonds. The van der Waals surface area contributed by atoms with E-state index in [-0.39, 0.29) is 0 Å². The second-order valence-electron chi connectivity index (χ2n) is 4.06. The monoisotopic (exact) mass is 293 g/mol. The third kappa shape index (κ3) is 3.61. The third-order valence-electron chi connectivity index (χ3n) is 2.70. The van der Waals surface area contributed by atoms with Gasteiger partial charge in [0, 0.05) is 22.9 Å². The van der Waals surface area contributed by atoms with E-state index in [0.717, 1.165) is 39.3 Å². The zero-order valence-electron chi connectivity index (χ0n) is 11.0. The van der Waals surface area contributed by atoms with Crippen LogP contribution in [0.2, 0.25) is 5.02 Å². The molecule has 2 aromatic rings. The third-order valence-corrected chi connectivity index (χ3v) is 4.21. The Morgan fingerprint density at radius 3 is 2.79 bits per heavy atom. The van der Waals surface area contributed by atoms with Crippen LogP contribution in [-0.2, 0) is 5.75 Å². The summed E-state index contributed by atoms with van der Waals surface area (Å²) in [6.07, 6.45) is 1.60. The van der Waals surface area contributed by atoms with Crippen LogP contribution in [0.4, 0.5) is 5.82 Å². The van der Waals surface area contributed by atoms with E-state index in [9.17, 15) is 0 Å². The number of nitrogens with zero attached hydrogens (tertiary/aromatic N) is 2. The topological polar surface area (TPSA) is 37.8 Å². The quantitative estimate of drug-likeness (QED) is 0.663. The Labute approximate surface area is 122 Å². The Morgan fingerprint density at radius 1 is 1.26 bits per heavy atom. The first-order valence-electron chi connectivity index (χ1n) is 6.14. The van der Waals surface area contributed by atoms with Gasteiger partial charge in [0.25, 0.3) is 0 Å². The molecule has 0 aliphatic rings. The van der Waals surface area contributed by atoms with Gasteiger partial charge in [-0.3, -0.25) is 0 Å². The number of nitrogens with one attached hydrogen (secondary N) is 1. The standard InChI is InChI=1S/C14H16ClN3S/c1-3-16-13-10(2)14(18-9-17-13)19-8-11-6-4-5-7-12(11)15/h4-7,9H,3,8H2,1-2H3,(H,16,17,18). The summed E-state index contributed by atoms with van der Waals surface area (Å²) in [5.74, 6) is 1.71. The maximum absolute atomic E-state index is 6.15. The van der Waals surface area contributed by atoms with E-state index >= 15 is 0 Å². The highest BCUT2D eigenvalue weighted by atomic mass is 35.5. The molecular weight excluding hydrogens is 278 g/mol. The van der Waals surface area contributed by atoms with Crippen LogP contribution in [0.3, 0.4) is 0 Å². The van der Waals surface area contributed by atoms with Crippen molar-refractivity contribution >= 4 is 29.2 Å². The Hall–Kier alpha value is -1.26. The number of anilines is 1. The highest BCUT2D eigenvalue weighted by Crippen LogP contribution is 2.29. The summed E-state index contributed by atoms with van der Waals surface area (Å²) in [4.78, 5) is 8.57. The summed E-state index contributed by atoms with van der Waals surface area (Å²) in [5, 5.41) is 5.03. The van der Waals surface area contributed by atoms with Crippen LogP contribution < -0.4 is 5.32 Å². The largest absolute Gasteiger partial charge is 0.370 e. The fraction of sp³-hybridized carbons (Fsp3) is 0.286. The average Bonchev–Trinajstić information content (AvgIpc) is 2.42. The van der Waals surface area contributed by atoms with E-state index in [1.165, 1.54) is 0 Å². The van der Waals surface area contributed by atoms with Crippen LogP contribution in [0.1, 0.15) is 18.1 Å². The smallest absolute Gasteiger partial charge is 0.133 e. The lowest BCUT2D eigenvalue weighted by atomic mass is 10.2. The van der Waals surface area contributed by atoms with E-state index in [4.69, 9.17) is 11.6 Å². The molecule has 5 heteroatoms. The SMILES string of the molecule is CCNc1ncnc(SCc2ccccc2Cl)c1C. The minimum atomic E-state index is 0.800. The van der Waals surface area contributed by atoms with E-state index in [1.54, 1.807) is 18.1 Å². The van der Waals surface area contributed by atoms with Crippen LogP contribution in [-0.4, -0.2) is 16.5 Å². The second-order valence-corrected chi connectivity index (χ2v) is 5.43. The van der Waals surface area contributed by atoms with Gasteiger partial charge in [-0.15, -0.1) is 11.8 Å². The maximum Gasteiger partial charge on any atom is 0.133 e. The molecule has 3 nitrogen and oxygen atoms in total. The van der Waals surface area contributed by atoms with Gasteiger partial charge in [0.1, 0.15) is 17.2 Å². The first-order valence-corrected chi connectivity index (χ1v) is 7.50. The average molecular weight is 294 g/mol. The number of thioether (sulfide) groups is 1. The predicted molar refractivity (Wildman–Crippen MR) is 81.9 cm³/mol. The zero-order valence-corrected chi connectivity index (χ0v) is 12.6. The van der Waals surface area contributed by atoms with E-state index in [2.05, 4.69) is 22.2 Å². The van der Waals surface area contributed by atoms with Crippen molar-refractivity contribution in [3.05, 3.63) is 46.7 Å². The number of rotatable bonds is 5. The number of aromatic nitrogens is 2. The molecule has 0 radical (unpaired) electrons. The summed E-state index contributed by atoms with van der Waals surface area (Å²) in [6.45, 7) is 4.94. The minimum Gasteiger partial charge on any atom is -0.370 e. The molecule has 0 saturated heterocycles. The molecule has 19 heavy (non-hydrogen) atoms. The molecule has 1 heterocycles. The van der Waals surface area contributed by atoms with Crippen molar-refractivity contribution in [2.75, 3.05) is 11.9 Å². The summed E-state index contributed by atoms with van der Waals surface area (Å²) < 4.78 is 0. The predicted octanol–water partition coefficient (Wildman–Crippen LogP) is 4.16. The van der Waals surface area contributed by atoms with Gasteiger partial charge in [0.15, 0.2) is 0 Å². The van der Waals surface area contributed by atoms with Crippen LogP contribution in [0.5, 0.6) is 0 Å². The fourth-order valence-electron chi connectivity index (χ4n) is 1.69. The molecule has 0 unspecified atom stereocenters. The molecule has 0 atom stereocenters. The summed E-state index contributed by atoms with van der Waals surface area (Å²) >= 11 is 7.83. The lowest BCUT2D eigenvalue weighted by molar-refractivity contribution is 0.990. The summed E-state index contributed by atoms with van der Waals surface area (Å²) in [6, 6.07) is 7.89. The number of hydrogen-bond acceptors (Lipinski definition) is 4. The number of benzene rings is 1. The first kappa shape index (κ1) is 14.2. The van der Waals surface area contributed by atoms with Gasteiger partial charge in [-0.25, -0.2) is 9.97 Å². The zero-order chi connectivity index (χ0) is 13.7. The fourth-order valence-corrected chi connectivity index (χ4v) is 2.95. The van der Waals surface area contributed by atoms with Crippen LogP contribution in [0.25, 0.3) is 0 Å². The lowest BCUT2D eigenvalue weighted by Crippen LogP contribution is -2.03. The van der Waals surface area contributed by atoms with E-state index in [1.807, 2.05) is 31.2 Å². The molecule has 0 saturated carbocycles. The molecule has 100 valence electrons. The Balaban J connectivity index is 2.12. The van der Waals surface area contributed by atoms with Crippen LogP contribution >= 0.6 is 23.4 Å². The minimum absolute atomic E-state index is 0.800. The van der Waals surface area contributed by atoms with Gasteiger partial charge < -0.3 is 5.32 Å². The van der Waals surface area contributed by atoms with Crippen LogP contribution in [0.15, 0.2) is 35.6 Å². The van der Waals surface area contributed by atoms with Gasteiger partial charge >= 0.3 is 0 Å². The molecule has 1 aromatic heterocycles. The van der Waals surface area contributed by atoms with Crippen molar-refractivity contribution in [1.82, 2.24) is 9.97 Å². The highest BCUT2D eigenvalue weighted by Gasteiger charge is 2.08. The first-order chi connectivity index (χ1) is 9.22. The van der Waals surface area contributed by atoms with Crippen LogP contribution in [0, 0.1) is 6.92 Å². The van der Waals surface area contributed by atoms with E-state index in [0.29, 0.717) is 0 Å². The molecule has 2 rings (SSSR count).